The summed E-state index contributed by atoms with van der Waals surface area (Å²) in [6.45, 7) is 8.64. The van der Waals surface area contributed by atoms with Crippen LogP contribution in [0.15, 0.2) is 12.7 Å². The molecule has 1 aromatic heterocycles. The number of nitro groups is 1. The molecule has 0 amide bonds. The highest BCUT2D eigenvalue weighted by molar-refractivity contribution is 5.39. The fourth-order valence-electron chi connectivity index (χ4n) is 3.02. The number of aromatic nitrogens is 2. The number of rotatable bonds is 6. The van der Waals surface area contributed by atoms with Gasteiger partial charge in [-0.25, -0.2) is 4.68 Å². The van der Waals surface area contributed by atoms with Crippen molar-refractivity contribution in [3.05, 3.63) is 34.2 Å². The first-order chi connectivity index (χ1) is 9.54. The Labute approximate surface area is 119 Å². The van der Waals surface area contributed by atoms with Crippen molar-refractivity contribution in [2.24, 2.45) is 0 Å². The summed E-state index contributed by atoms with van der Waals surface area (Å²) in [6.07, 6.45) is 6.79. The smallest absolute Gasteiger partial charge is 0.278 e. The molecule has 0 aliphatic heterocycles. The van der Waals surface area contributed by atoms with Crippen molar-refractivity contribution in [1.29, 1.82) is 0 Å². The van der Waals surface area contributed by atoms with E-state index >= 15 is 0 Å². The minimum Gasteiger partial charge on any atom is -0.278 e. The zero-order chi connectivity index (χ0) is 14.7. The minimum atomic E-state index is -0.346. The van der Waals surface area contributed by atoms with Gasteiger partial charge in [0.05, 0.1) is 11.6 Å². The Kier molecular flexibility index (Phi) is 4.54. The standard InChI is InChI=1S/C14H22N4O2/c1-4-9-16(13-7-5-6-8-13)10-17-12(3)14(18(19)20)11(2)15-17/h4,13H,1,5-10H2,2-3H3. The number of hydrogen-bond donors (Lipinski definition) is 0. The van der Waals surface area contributed by atoms with Gasteiger partial charge in [0.25, 0.3) is 0 Å². The van der Waals surface area contributed by atoms with Crippen molar-refractivity contribution in [2.75, 3.05) is 6.54 Å². The van der Waals surface area contributed by atoms with Gasteiger partial charge in [0, 0.05) is 12.6 Å². The van der Waals surface area contributed by atoms with Crippen LogP contribution in [0.4, 0.5) is 5.69 Å². The predicted molar refractivity (Wildman–Crippen MR) is 77.5 cm³/mol. The second-order valence-electron chi connectivity index (χ2n) is 5.42. The average Bonchev–Trinajstić information content (AvgIpc) is 2.98. The first-order valence-corrected chi connectivity index (χ1v) is 7.08. The van der Waals surface area contributed by atoms with Gasteiger partial charge in [-0.15, -0.1) is 6.58 Å². The van der Waals surface area contributed by atoms with E-state index in [0.29, 0.717) is 24.1 Å². The molecule has 0 spiro atoms. The summed E-state index contributed by atoms with van der Waals surface area (Å²) in [6, 6.07) is 0.538. The van der Waals surface area contributed by atoms with Crippen LogP contribution >= 0.6 is 0 Å². The van der Waals surface area contributed by atoms with Gasteiger partial charge in [0.15, 0.2) is 0 Å². The third-order valence-electron chi connectivity index (χ3n) is 4.05. The maximum atomic E-state index is 11.0. The summed E-state index contributed by atoms with van der Waals surface area (Å²) in [5.41, 5.74) is 1.24. The summed E-state index contributed by atoms with van der Waals surface area (Å²) in [7, 11) is 0. The lowest BCUT2D eigenvalue weighted by atomic mass is 10.2. The lowest BCUT2D eigenvalue weighted by Crippen LogP contribution is -2.35. The first-order valence-electron chi connectivity index (χ1n) is 7.08. The van der Waals surface area contributed by atoms with Gasteiger partial charge < -0.3 is 0 Å². The highest BCUT2D eigenvalue weighted by Gasteiger charge is 2.26. The van der Waals surface area contributed by atoms with Crippen LogP contribution in [0.2, 0.25) is 0 Å². The maximum absolute atomic E-state index is 11.0. The van der Waals surface area contributed by atoms with Crippen molar-refractivity contribution in [2.45, 2.75) is 52.2 Å². The van der Waals surface area contributed by atoms with E-state index in [1.54, 1.807) is 18.5 Å². The quantitative estimate of drug-likeness (QED) is 0.456. The number of hydrogen-bond acceptors (Lipinski definition) is 4. The van der Waals surface area contributed by atoms with Crippen molar-refractivity contribution in [3.63, 3.8) is 0 Å². The van der Waals surface area contributed by atoms with Crippen molar-refractivity contribution >= 4 is 5.69 Å². The van der Waals surface area contributed by atoms with E-state index in [0.717, 1.165) is 6.54 Å². The molecule has 0 unspecified atom stereocenters. The summed E-state index contributed by atoms with van der Waals surface area (Å²) in [5, 5.41) is 15.4. The summed E-state index contributed by atoms with van der Waals surface area (Å²) >= 11 is 0. The number of aryl methyl sites for hydroxylation is 1. The Balaban J connectivity index is 2.20. The van der Waals surface area contributed by atoms with Crippen molar-refractivity contribution in [3.8, 4) is 0 Å². The van der Waals surface area contributed by atoms with Crippen LogP contribution < -0.4 is 0 Å². The molecule has 1 aliphatic rings. The van der Waals surface area contributed by atoms with Crippen molar-refractivity contribution < 1.29 is 4.92 Å². The molecule has 20 heavy (non-hydrogen) atoms. The molecule has 1 aliphatic carbocycles. The van der Waals surface area contributed by atoms with Gasteiger partial charge in [0.2, 0.25) is 0 Å². The third-order valence-corrected chi connectivity index (χ3v) is 4.05. The van der Waals surface area contributed by atoms with Gasteiger partial charge >= 0.3 is 5.69 Å². The van der Waals surface area contributed by atoms with Crippen molar-refractivity contribution in [1.82, 2.24) is 14.7 Å². The van der Waals surface area contributed by atoms with Crippen LogP contribution in [0.1, 0.15) is 37.1 Å². The Morgan fingerprint density at radius 3 is 2.65 bits per heavy atom. The van der Waals surface area contributed by atoms with Crippen LogP contribution in [0.5, 0.6) is 0 Å². The van der Waals surface area contributed by atoms with Crippen LogP contribution in [-0.4, -0.2) is 32.2 Å². The molecule has 6 heteroatoms. The lowest BCUT2D eigenvalue weighted by Gasteiger charge is -2.27. The van der Waals surface area contributed by atoms with E-state index in [2.05, 4.69) is 16.6 Å². The van der Waals surface area contributed by atoms with E-state index in [1.165, 1.54) is 25.7 Å². The van der Waals surface area contributed by atoms with E-state index < -0.39 is 0 Å². The Morgan fingerprint density at radius 2 is 2.15 bits per heavy atom. The molecule has 0 atom stereocenters. The Bertz CT molecular complexity index is 504. The van der Waals surface area contributed by atoms with E-state index in [4.69, 9.17) is 0 Å². The molecule has 0 aromatic carbocycles. The fourth-order valence-corrected chi connectivity index (χ4v) is 3.02. The molecule has 110 valence electrons. The molecule has 1 heterocycles. The molecule has 0 N–H and O–H groups in total. The fraction of sp³-hybridized carbons (Fsp3) is 0.643. The zero-order valence-corrected chi connectivity index (χ0v) is 12.2. The second-order valence-corrected chi connectivity index (χ2v) is 5.42. The van der Waals surface area contributed by atoms with E-state index in [1.807, 2.05) is 6.08 Å². The van der Waals surface area contributed by atoms with Crippen LogP contribution in [0, 0.1) is 24.0 Å². The van der Waals surface area contributed by atoms with Gasteiger partial charge in [-0.3, -0.25) is 15.0 Å². The molecule has 0 radical (unpaired) electrons. The van der Waals surface area contributed by atoms with Crippen LogP contribution in [0.3, 0.4) is 0 Å². The normalized spacial score (nSPS) is 15.9. The van der Waals surface area contributed by atoms with Crippen LogP contribution in [-0.2, 0) is 6.67 Å². The zero-order valence-electron chi connectivity index (χ0n) is 12.2. The molecule has 6 nitrogen and oxygen atoms in total. The summed E-state index contributed by atoms with van der Waals surface area (Å²) in [5.74, 6) is 0. The van der Waals surface area contributed by atoms with E-state index in [-0.39, 0.29) is 10.6 Å². The topological polar surface area (TPSA) is 64.2 Å². The monoisotopic (exact) mass is 278 g/mol. The van der Waals surface area contributed by atoms with E-state index in [9.17, 15) is 10.1 Å². The van der Waals surface area contributed by atoms with Gasteiger partial charge in [0.1, 0.15) is 11.4 Å². The highest BCUT2D eigenvalue weighted by Crippen LogP contribution is 2.26. The average molecular weight is 278 g/mol. The molecule has 0 bridgehead atoms. The SMILES string of the molecule is C=CCN(Cn1nc(C)c([N+](=O)[O-])c1C)C1CCCC1. The van der Waals surface area contributed by atoms with Crippen LogP contribution in [0.25, 0.3) is 0 Å². The number of nitrogens with zero attached hydrogens (tertiary/aromatic N) is 4. The minimum absolute atomic E-state index is 0.134. The molecule has 1 saturated carbocycles. The summed E-state index contributed by atoms with van der Waals surface area (Å²) < 4.78 is 1.75. The Morgan fingerprint density at radius 1 is 1.50 bits per heavy atom. The van der Waals surface area contributed by atoms with Gasteiger partial charge in [-0.1, -0.05) is 18.9 Å². The van der Waals surface area contributed by atoms with Gasteiger partial charge in [-0.2, -0.15) is 5.10 Å². The highest BCUT2D eigenvalue weighted by atomic mass is 16.6. The first kappa shape index (κ1) is 14.7. The molecule has 1 fully saturated rings. The third kappa shape index (κ3) is 2.90. The summed E-state index contributed by atoms with van der Waals surface area (Å²) in [4.78, 5) is 13.0. The largest absolute Gasteiger partial charge is 0.312 e. The molecular weight excluding hydrogens is 256 g/mol. The molecule has 2 rings (SSSR count). The molecular formula is C14H22N4O2. The molecule has 0 saturated heterocycles. The lowest BCUT2D eigenvalue weighted by molar-refractivity contribution is -0.386. The Hall–Kier alpha value is -1.69. The van der Waals surface area contributed by atoms with Gasteiger partial charge in [-0.05, 0) is 26.7 Å². The second kappa shape index (κ2) is 6.17. The predicted octanol–water partition coefficient (Wildman–Crippen LogP) is 2.80. The molecule has 1 aromatic rings. The maximum Gasteiger partial charge on any atom is 0.312 e.